The summed E-state index contributed by atoms with van der Waals surface area (Å²) in [5.74, 6) is 0. The lowest BCUT2D eigenvalue weighted by Gasteiger charge is -2.35. The molecule has 2 aromatic rings. The molecule has 0 bridgehead atoms. The average Bonchev–Trinajstić information content (AvgIpc) is 2.78. The first-order valence-corrected chi connectivity index (χ1v) is 9.50. The molecule has 138 valence electrons. The van der Waals surface area contributed by atoms with E-state index in [9.17, 15) is 10.2 Å². The van der Waals surface area contributed by atoms with Gasteiger partial charge in [-0.05, 0) is 35.1 Å². The van der Waals surface area contributed by atoms with Gasteiger partial charge in [-0.15, -0.1) is 0 Å². The number of rotatable bonds is 4. The van der Waals surface area contributed by atoms with Crippen molar-refractivity contribution in [2.45, 2.75) is 44.1 Å². The maximum Gasteiger partial charge on any atom is 0.0716 e. The summed E-state index contributed by atoms with van der Waals surface area (Å²) in [5, 5.41) is 21.3. The van der Waals surface area contributed by atoms with Gasteiger partial charge in [0.05, 0.1) is 11.7 Å². The molecule has 1 atom stereocenters. The van der Waals surface area contributed by atoms with Crippen LogP contribution in [-0.2, 0) is 17.8 Å². The van der Waals surface area contributed by atoms with Crippen LogP contribution in [0.1, 0.15) is 30.4 Å². The maximum absolute atomic E-state index is 10.7. The monoisotopic (exact) mass is 353 g/mol. The van der Waals surface area contributed by atoms with E-state index in [0.29, 0.717) is 39.0 Å². The number of benzene rings is 2. The topological polar surface area (TPSA) is 52.9 Å². The third kappa shape index (κ3) is 3.84. The first-order chi connectivity index (χ1) is 12.6. The van der Waals surface area contributed by atoms with Crippen molar-refractivity contribution in [3.05, 3.63) is 59.7 Å². The van der Waals surface area contributed by atoms with Crippen molar-refractivity contribution in [3.63, 3.8) is 0 Å². The van der Waals surface area contributed by atoms with E-state index in [1.807, 2.05) is 0 Å². The Bertz CT molecular complexity index is 707. The van der Waals surface area contributed by atoms with Crippen molar-refractivity contribution in [1.29, 1.82) is 0 Å². The second-order valence-corrected chi connectivity index (χ2v) is 7.68. The van der Waals surface area contributed by atoms with Crippen LogP contribution in [0.25, 0.3) is 11.1 Å². The van der Waals surface area contributed by atoms with Crippen molar-refractivity contribution in [1.82, 2.24) is 4.90 Å². The zero-order chi connectivity index (χ0) is 18.0. The van der Waals surface area contributed by atoms with E-state index < -0.39 is 11.7 Å². The van der Waals surface area contributed by atoms with Gasteiger partial charge in [0.1, 0.15) is 0 Å². The minimum absolute atomic E-state index is 0.413. The molecule has 4 rings (SSSR count). The molecule has 26 heavy (non-hydrogen) atoms. The van der Waals surface area contributed by atoms with E-state index in [4.69, 9.17) is 4.74 Å². The van der Waals surface area contributed by atoms with Crippen LogP contribution in [0.3, 0.4) is 0 Å². The molecule has 2 aliphatic rings. The van der Waals surface area contributed by atoms with Gasteiger partial charge in [-0.1, -0.05) is 48.5 Å². The second kappa shape index (κ2) is 7.49. The van der Waals surface area contributed by atoms with Crippen LogP contribution in [0.4, 0.5) is 0 Å². The van der Waals surface area contributed by atoms with E-state index in [1.165, 1.54) is 22.3 Å². The lowest BCUT2D eigenvalue weighted by atomic mass is 9.88. The van der Waals surface area contributed by atoms with E-state index in [-0.39, 0.29) is 0 Å². The van der Waals surface area contributed by atoms with Gasteiger partial charge in [-0.2, -0.15) is 0 Å². The van der Waals surface area contributed by atoms with Crippen molar-refractivity contribution >= 4 is 0 Å². The molecule has 0 spiro atoms. The molecule has 0 aliphatic carbocycles. The Hall–Kier alpha value is -1.72. The first kappa shape index (κ1) is 17.7. The highest BCUT2D eigenvalue weighted by molar-refractivity contribution is 5.71. The Morgan fingerprint density at radius 3 is 2.04 bits per heavy atom. The predicted molar refractivity (Wildman–Crippen MR) is 102 cm³/mol. The zero-order valence-electron chi connectivity index (χ0n) is 15.1. The van der Waals surface area contributed by atoms with Crippen LogP contribution < -0.4 is 0 Å². The van der Waals surface area contributed by atoms with Gasteiger partial charge in [0.25, 0.3) is 0 Å². The first-order valence-electron chi connectivity index (χ1n) is 9.50. The largest absolute Gasteiger partial charge is 0.392 e. The molecular formula is C22H27NO3. The quantitative estimate of drug-likeness (QED) is 0.887. The molecule has 1 saturated heterocycles. The minimum Gasteiger partial charge on any atom is -0.392 e. The SMILES string of the molecule is OC(CN1Cc2ccccc2-c2ccccc2C1)CC1(O)CCOCC1. The molecule has 1 fully saturated rings. The Morgan fingerprint density at radius 1 is 0.923 bits per heavy atom. The lowest BCUT2D eigenvalue weighted by molar-refractivity contribution is -0.0898. The highest BCUT2D eigenvalue weighted by atomic mass is 16.5. The highest BCUT2D eigenvalue weighted by Gasteiger charge is 2.33. The number of aliphatic hydroxyl groups is 2. The minimum atomic E-state index is -0.792. The van der Waals surface area contributed by atoms with Gasteiger partial charge in [-0.3, -0.25) is 4.90 Å². The Labute approximate surface area is 155 Å². The normalized spacial score (nSPS) is 20.7. The number of hydrogen-bond acceptors (Lipinski definition) is 4. The maximum atomic E-state index is 10.7. The molecule has 0 radical (unpaired) electrons. The smallest absolute Gasteiger partial charge is 0.0716 e. The van der Waals surface area contributed by atoms with Crippen molar-refractivity contribution < 1.29 is 14.9 Å². The predicted octanol–water partition coefficient (Wildman–Crippen LogP) is 2.96. The van der Waals surface area contributed by atoms with E-state index >= 15 is 0 Å². The van der Waals surface area contributed by atoms with Gasteiger partial charge in [0.15, 0.2) is 0 Å². The van der Waals surface area contributed by atoms with E-state index in [1.54, 1.807) is 0 Å². The summed E-state index contributed by atoms with van der Waals surface area (Å²) in [7, 11) is 0. The molecule has 0 saturated carbocycles. The number of hydrogen-bond donors (Lipinski definition) is 2. The third-order valence-electron chi connectivity index (χ3n) is 5.62. The van der Waals surface area contributed by atoms with Gasteiger partial charge >= 0.3 is 0 Å². The molecule has 4 nitrogen and oxygen atoms in total. The van der Waals surface area contributed by atoms with E-state index in [0.717, 1.165) is 13.1 Å². The summed E-state index contributed by atoms with van der Waals surface area (Å²) in [6.45, 7) is 3.33. The number of aliphatic hydroxyl groups excluding tert-OH is 1. The fraction of sp³-hybridized carbons (Fsp3) is 0.455. The number of nitrogens with zero attached hydrogens (tertiary/aromatic N) is 1. The van der Waals surface area contributed by atoms with Crippen molar-refractivity contribution in [3.8, 4) is 11.1 Å². The third-order valence-corrected chi connectivity index (χ3v) is 5.62. The number of ether oxygens (including phenoxy) is 1. The molecule has 0 aromatic heterocycles. The number of β-amino-alcohol motifs (C(OH)–C–C–N with tert-alkyl or cyclic N) is 1. The number of fused-ring (bicyclic) bond motifs is 3. The van der Waals surface area contributed by atoms with Gasteiger partial charge in [0, 0.05) is 39.3 Å². The molecular weight excluding hydrogens is 326 g/mol. The summed E-state index contributed by atoms with van der Waals surface area (Å²) in [6, 6.07) is 17.0. The molecule has 2 heterocycles. The van der Waals surface area contributed by atoms with Gasteiger partial charge in [-0.25, -0.2) is 0 Å². The second-order valence-electron chi connectivity index (χ2n) is 7.68. The standard InChI is InChI=1S/C22H27NO3/c24-19(13-22(25)9-11-26-12-10-22)16-23-14-17-5-1-3-7-20(17)21-8-4-2-6-18(21)15-23/h1-8,19,24-25H,9-16H2. The Kier molecular flexibility index (Phi) is 5.09. The summed E-state index contributed by atoms with van der Waals surface area (Å²) >= 11 is 0. The molecule has 2 aromatic carbocycles. The Morgan fingerprint density at radius 2 is 1.46 bits per heavy atom. The molecule has 4 heteroatoms. The van der Waals surface area contributed by atoms with E-state index in [2.05, 4.69) is 53.4 Å². The summed E-state index contributed by atoms with van der Waals surface area (Å²) in [5.41, 5.74) is 4.34. The molecule has 2 aliphatic heterocycles. The fourth-order valence-electron chi connectivity index (χ4n) is 4.27. The average molecular weight is 353 g/mol. The van der Waals surface area contributed by atoms with Crippen LogP contribution in [0.5, 0.6) is 0 Å². The van der Waals surface area contributed by atoms with Gasteiger partial charge in [0.2, 0.25) is 0 Å². The fourth-order valence-corrected chi connectivity index (χ4v) is 4.27. The van der Waals surface area contributed by atoms with Crippen LogP contribution in [0.2, 0.25) is 0 Å². The molecule has 2 N–H and O–H groups in total. The summed E-state index contributed by atoms with van der Waals surface area (Å²) in [4.78, 5) is 2.29. The lowest BCUT2D eigenvalue weighted by Crippen LogP contribution is -2.42. The van der Waals surface area contributed by atoms with Gasteiger partial charge < -0.3 is 14.9 Å². The highest BCUT2D eigenvalue weighted by Crippen LogP contribution is 2.33. The zero-order valence-corrected chi connectivity index (χ0v) is 15.1. The summed E-state index contributed by atoms with van der Waals surface area (Å²) < 4.78 is 5.34. The molecule has 0 amide bonds. The molecule has 1 unspecified atom stereocenters. The summed E-state index contributed by atoms with van der Waals surface area (Å²) in [6.07, 6.45) is 1.08. The van der Waals surface area contributed by atoms with Crippen LogP contribution in [0.15, 0.2) is 48.5 Å². The van der Waals surface area contributed by atoms with Crippen LogP contribution >= 0.6 is 0 Å². The van der Waals surface area contributed by atoms with Crippen molar-refractivity contribution in [2.24, 2.45) is 0 Å². The van der Waals surface area contributed by atoms with Crippen molar-refractivity contribution in [2.75, 3.05) is 19.8 Å². The van der Waals surface area contributed by atoms with Crippen LogP contribution in [0, 0.1) is 0 Å². The van der Waals surface area contributed by atoms with Crippen LogP contribution in [-0.4, -0.2) is 46.6 Å². The Balaban J connectivity index is 1.51.